The fraction of sp³-hybridized carbons (Fsp3) is 0.250. The van der Waals surface area contributed by atoms with Crippen LogP contribution in [0.4, 0.5) is 10.5 Å². The van der Waals surface area contributed by atoms with Crippen molar-refractivity contribution in [3.63, 3.8) is 0 Å². The van der Waals surface area contributed by atoms with Gasteiger partial charge in [-0.25, -0.2) is 4.79 Å². The predicted molar refractivity (Wildman–Crippen MR) is 80.3 cm³/mol. The van der Waals surface area contributed by atoms with E-state index in [1.54, 1.807) is 12.1 Å². The van der Waals surface area contributed by atoms with Crippen molar-refractivity contribution in [1.82, 2.24) is 10.2 Å². The molecule has 21 heavy (non-hydrogen) atoms. The molecular weight excluding hydrogens is 319 g/mol. The van der Waals surface area contributed by atoms with Gasteiger partial charge in [-0.15, -0.1) is 0 Å². The maximum Gasteiger partial charge on any atom is 0.312 e. The first-order chi connectivity index (χ1) is 9.79. The number of urea groups is 1. The van der Waals surface area contributed by atoms with E-state index in [0.29, 0.717) is 15.7 Å². The molecular formula is C12H14Cl2N4O3. The van der Waals surface area contributed by atoms with Gasteiger partial charge in [-0.05, 0) is 18.2 Å². The highest BCUT2D eigenvalue weighted by Crippen LogP contribution is 2.24. The van der Waals surface area contributed by atoms with E-state index in [-0.39, 0.29) is 13.1 Å². The molecule has 0 radical (unpaired) electrons. The van der Waals surface area contributed by atoms with Gasteiger partial charge in [0.05, 0.1) is 23.1 Å². The lowest BCUT2D eigenvalue weighted by Crippen LogP contribution is -2.42. The molecule has 0 heterocycles. The highest BCUT2D eigenvalue weighted by molar-refractivity contribution is 6.42. The minimum atomic E-state index is -0.808. The summed E-state index contributed by atoms with van der Waals surface area (Å²) in [7, 11) is 1.43. The average molecular weight is 333 g/mol. The number of nitrogens with two attached hydrogens (primary N) is 1. The Hall–Kier alpha value is -1.99. The number of carbonyl (C=O) groups excluding carboxylic acids is 3. The van der Waals surface area contributed by atoms with E-state index in [1.165, 1.54) is 13.1 Å². The van der Waals surface area contributed by atoms with Crippen LogP contribution >= 0.6 is 23.2 Å². The van der Waals surface area contributed by atoms with Crippen molar-refractivity contribution in [2.24, 2.45) is 5.73 Å². The zero-order valence-electron chi connectivity index (χ0n) is 11.2. The minimum Gasteiger partial charge on any atom is -0.352 e. The number of anilines is 1. The van der Waals surface area contributed by atoms with Gasteiger partial charge in [-0.2, -0.15) is 0 Å². The van der Waals surface area contributed by atoms with Gasteiger partial charge in [0.15, 0.2) is 0 Å². The Morgan fingerprint density at radius 3 is 2.48 bits per heavy atom. The number of hydrogen-bond donors (Lipinski definition) is 3. The molecule has 114 valence electrons. The lowest BCUT2D eigenvalue weighted by molar-refractivity contribution is -0.132. The third-order valence-corrected chi connectivity index (χ3v) is 3.16. The number of amides is 4. The maximum atomic E-state index is 11.8. The zero-order valence-corrected chi connectivity index (χ0v) is 12.7. The lowest BCUT2D eigenvalue weighted by Gasteiger charge is -2.16. The molecule has 0 saturated heterocycles. The number of rotatable bonds is 5. The van der Waals surface area contributed by atoms with Crippen LogP contribution in [0, 0.1) is 0 Å². The van der Waals surface area contributed by atoms with Gasteiger partial charge < -0.3 is 21.3 Å². The fourth-order valence-corrected chi connectivity index (χ4v) is 1.67. The van der Waals surface area contributed by atoms with Gasteiger partial charge in [0.1, 0.15) is 0 Å². The van der Waals surface area contributed by atoms with Gasteiger partial charge in [0.25, 0.3) is 0 Å². The Kier molecular flexibility index (Phi) is 6.26. The topological polar surface area (TPSA) is 105 Å². The van der Waals surface area contributed by atoms with Crippen LogP contribution in [0.25, 0.3) is 0 Å². The van der Waals surface area contributed by atoms with Crippen molar-refractivity contribution in [2.75, 3.05) is 25.5 Å². The molecule has 1 rings (SSSR count). The molecule has 4 N–H and O–H groups in total. The molecule has 0 fully saturated rings. The summed E-state index contributed by atoms with van der Waals surface area (Å²) in [6, 6.07) is 3.82. The number of carbonyl (C=O) groups is 3. The molecule has 0 atom stereocenters. The van der Waals surface area contributed by atoms with Crippen molar-refractivity contribution >= 4 is 46.7 Å². The second-order valence-corrected chi connectivity index (χ2v) is 4.96. The quantitative estimate of drug-likeness (QED) is 0.750. The molecule has 4 amide bonds. The van der Waals surface area contributed by atoms with Crippen LogP contribution in [-0.4, -0.2) is 42.9 Å². The smallest absolute Gasteiger partial charge is 0.312 e. The first kappa shape index (κ1) is 17.1. The summed E-state index contributed by atoms with van der Waals surface area (Å²) in [5.74, 6) is -0.860. The van der Waals surface area contributed by atoms with Crippen LogP contribution in [0.15, 0.2) is 18.2 Å². The van der Waals surface area contributed by atoms with Crippen molar-refractivity contribution in [3.8, 4) is 0 Å². The summed E-state index contributed by atoms with van der Waals surface area (Å²) in [6.45, 7) is -0.453. The lowest BCUT2D eigenvalue weighted by atomic mass is 10.3. The Morgan fingerprint density at radius 1 is 1.24 bits per heavy atom. The van der Waals surface area contributed by atoms with Crippen LogP contribution in [0.1, 0.15) is 0 Å². The molecule has 1 aromatic rings. The second kappa shape index (κ2) is 7.70. The van der Waals surface area contributed by atoms with E-state index in [0.717, 1.165) is 4.90 Å². The highest BCUT2D eigenvalue weighted by Gasteiger charge is 2.13. The summed E-state index contributed by atoms with van der Waals surface area (Å²) in [4.78, 5) is 35.0. The molecule has 1 aromatic carbocycles. The van der Waals surface area contributed by atoms with E-state index >= 15 is 0 Å². The molecule has 0 aliphatic carbocycles. The van der Waals surface area contributed by atoms with Crippen molar-refractivity contribution < 1.29 is 14.4 Å². The molecule has 0 spiro atoms. The van der Waals surface area contributed by atoms with Crippen LogP contribution in [-0.2, 0) is 9.59 Å². The third kappa shape index (κ3) is 5.88. The largest absolute Gasteiger partial charge is 0.352 e. The van der Waals surface area contributed by atoms with Gasteiger partial charge in [0.2, 0.25) is 11.8 Å². The summed E-state index contributed by atoms with van der Waals surface area (Å²) in [5.41, 5.74) is 5.31. The molecule has 9 heteroatoms. The van der Waals surface area contributed by atoms with Crippen LogP contribution in [0.2, 0.25) is 10.0 Å². The average Bonchev–Trinajstić information content (AvgIpc) is 2.40. The standard InChI is InChI=1S/C12H14Cl2N4O3/c1-18(11(20)5-16-12(15)21)6-10(19)17-7-2-3-8(13)9(14)4-7/h2-4H,5-6H2,1H3,(H,17,19)(H3,15,16,21). The summed E-state index contributed by atoms with van der Waals surface area (Å²) in [5, 5.41) is 5.40. The van der Waals surface area contributed by atoms with Gasteiger partial charge in [-0.3, -0.25) is 9.59 Å². The summed E-state index contributed by atoms with van der Waals surface area (Å²) < 4.78 is 0. The molecule has 0 aliphatic heterocycles. The van der Waals surface area contributed by atoms with Crippen molar-refractivity contribution in [2.45, 2.75) is 0 Å². The second-order valence-electron chi connectivity index (χ2n) is 4.14. The summed E-state index contributed by atoms with van der Waals surface area (Å²) >= 11 is 11.6. The Balaban J connectivity index is 2.50. The maximum absolute atomic E-state index is 11.8. The summed E-state index contributed by atoms with van der Waals surface area (Å²) in [6.07, 6.45) is 0. The number of hydrogen-bond acceptors (Lipinski definition) is 3. The minimum absolute atomic E-state index is 0.181. The zero-order chi connectivity index (χ0) is 16.0. The van der Waals surface area contributed by atoms with E-state index in [1.807, 2.05) is 0 Å². The van der Waals surface area contributed by atoms with Crippen LogP contribution in [0.5, 0.6) is 0 Å². The van der Waals surface area contributed by atoms with E-state index in [9.17, 15) is 14.4 Å². The Bertz CT molecular complexity index is 565. The number of nitrogens with zero attached hydrogens (tertiary/aromatic N) is 1. The highest BCUT2D eigenvalue weighted by atomic mass is 35.5. The van der Waals surface area contributed by atoms with Crippen LogP contribution < -0.4 is 16.4 Å². The van der Waals surface area contributed by atoms with E-state index < -0.39 is 17.8 Å². The first-order valence-electron chi connectivity index (χ1n) is 5.81. The molecule has 0 unspecified atom stereocenters. The van der Waals surface area contributed by atoms with Gasteiger partial charge in [0, 0.05) is 12.7 Å². The molecule has 0 aromatic heterocycles. The first-order valence-corrected chi connectivity index (χ1v) is 6.57. The SMILES string of the molecule is CN(CC(=O)Nc1ccc(Cl)c(Cl)c1)C(=O)CNC(N)=O. The number of halogens is 2. The van der Waals surface area contributed by atoms with Crippen LogP contribution in [0.3, 0.4) is 0 Å². The number of likely N-dealkylation sites (N-methyl/N-ethyl adjacent to an activating group) is 1. The number of primary amides is 1. The Morgan fingerprint density at radius 2 is 1.90 bits per heavy atom. The van der Waals surface area contributed by atoms with Crippen molar-refractivity contribution in [3.05, 3.63) is 28.2 Å². The van der Waals surface area contributed by atoms with E-state index in [4.69, 9.17) is 28.9 Å². The predicted octanol–water partition coefficient (Wildman–Crippen LogP) is 1.06. The van der Waals surface area contributed by atoms with Crippen molar-refractivity contribution in [1.29, 1.82) is 0 Å². The molecule has 0 bridgehead atoms. The monoisotopic (exact) mass is 332 g/mol. The van der Waals surface area contributed by atoms with E-state index in [2.05, 4.69) is 10.6 Å². The normalized spacial score (nSPS) is 9.86. The van der Waals surface area contributed by atoms with Gasteiger partial charge in [-0.1, -0.05) is 23.2 Å². The number of benzene rings is 1. The molecule has 0 aliphatic rings. The van der Waals surface area contributed by atoms with Gasteiger partial charge >= 0.3 is 6.03 Å². The fourth-order valence-electron chi connectivity index (χ4n) is 1.38. The Labute approximate surface area is 131 Å². The molecule has 0 saturated carbocycles. The molecule has 7 nitrogen and oxygen atoms in total. The third-order valence-electron chi connectivity index (χ3n) is 2.42. The number of nitrogens with one attached hydrogen (secondary N) is 2.